The first-order chi connectivity index (χ1) is 9.11. The van der Waals surface area contributed by atoms with Gasteiger partial charge in [-0.15, -0.1) is 0 Å². The first-order valence-electron chi connectivity index (χ1n) is 6.20. The Hall–Kier alpha value is -2.21. The van der Waals surface area contributed by atoms with E-state index in [1.807, 2.05) is 37.3 Å². The van der Waals surface area contributed by atoms with Crippen LogP contribution in [0.3, 0.4) is 0 Å². The van der Waals surface area contributed by atoms with Crippen molar-refractivity contribution in [3.05, 3.63) is 47.7 Å². The molecule has 3 nitrogen and oxygen atoms in total. The molecular weight excluding hydrogens is 240 g/mol. The molecule has 3 heteroatoms. The average molecular weight is 258 g/mol. The van der Waals surface area contributed by atoms with Gasteiger partial charge in [-0.3, -0.25) is 0 Å². The number of carbonyl (C=O) groups excluding carboxylic acids is 1. The van der Waals surface area contributed by atoms with E-state index in [0.717, 1.165) is 5.56 Å². The highest BCUT2D eigenvalue weighted by molar-refractivity contribution is 5.82. The molecule has 0 radical (unpaired) electrons. The Morgan fingerprint density at radius 3 is 2.68 bits per heavy atom. The summed E-state index contributed by atoms with van der Waals surface area (Å²) < 4.78 is 10.3. The molecule has 0 N–H and O–H groups in total. The number of rotatable bonds is 4. The number of ether oxygens (including phenoxy) is 2. The summed E-state index contributed by atoms with van der Waals surface area (Å²) in [6.07, 6.45) is 1.04. The molecule has 0 bridgehead atoms. The van der Waals surface area contributed by atoms with E-state index in [1.165, 1.54) is 6.08 Å². The predicted octanol–water partition coefficient (Wildman–Crippen LogP) is 2.91. The molecule has 0 aliphatic heterocycles. The fourth-order valence-corrected chi connectivity index (χ4v) is 1.40. The molecule has 0 spiro atoms. The Kier molecular flexibility index (Phi) is 6.25. The van der Waals surface area contributed by atoms with Crippen molar-refractivity contribution in [2.45, 2.75) is 26.9 Å². The van der Waals surface area contributed by atoms with E-state index in [2.05, 4.69) is 11.8 Å². The Labute approximate surface area is 114 Å². The van der Waals surface area contributed by atoms with Gasteiger partial charge in [0.15, 0.2) is 6.10 Å². The zero-order valence-corrected chi connectivity index (χ0v) is 11.5. The lowest BCUT2D eigenvalue weighted by Crippen LogP contribution is -2.06. The highest BCUT2D eigenvalue weighted by atomic mass is 16.5. The van der Waals surface area contributed by atoms with Gasteiger partial charge in [0.05, 0.1) is 12.7 Å². The molecule has 0 fully saturated rings. The van der Waals surface area contributed by atoms with Gasteiger partial charge in [-0.05, 0) is 32.9 Å². The SMILES string of the molecule is CCOC(=O)/C=C(\C)OC(C)C#Cc1ccccc1. The third kappa shape index (κ3) is 6.32. The smallest absolute Gasteiger partial charge is 0.334 e. The second-order valence-corrected chi connectivity index (χ2v) is 3.90. The van der Waals surface area contributed by atoms with Gasteiger partial charge in [0.25, 0.3) is 0 Å². The van der Waals surface area contributed by atoms with Crippen molar-refractivity contribution in [2.24, 2.45) is 0 Å². The Balaban J connectivity index is 2.54. The molecule has 0 amide bonds. The van der Waals surface area contributed by atoms with Crippen molar-refractivity contribution in [1.82, 2.24) is 0 Å². The van der Waals surface area contributed by atoms with Crippen LogP contribution in [0, 0.1) is 11.8 Å². The van der Waals surface area contributed by atoms with Gasteiger partial charge in [0.2, 0.25) is 0 Å². The molecule has 1 aromatic carbocycles. The van der Waals surface area contributed by atoms with Gasteiger partial charge in [0, 0.05) is 5.56 Å². The number of esters is 1. The maximum atomic E-state index is 11.2. The third-order valence-corrected chi connectivity index (χ3v) is 2.16. The minimum atomic E-state index is -0.400. The van der Waals surface area contributed by atoms with Crippen LogP contribution in [0.1, 0.15) is 26.3 Å². The van der Waals surface area contributed by atoms with Crippen molar-refractivity contribution in [3.8, 4) is 11.8 Å². The highest BCUT2D eigenvalue weighted by Gasteiger charge is 2.02. The highest BCUT2D eigenvalue weighted by Crippen LogP contribution is 2.02. The summed E-state index contributed by atoms with van der Waals surface area (Å²) in [6.45, 7) is 5.65. The Bertz CT molecular complexity index is 492. The molecule has 19 heavy (non-hydrogen) atoms. The van der Waals surface area contributed by atoms with Crippen LogP contribution in [0.4, 0.5) is 0 Å². The molecule has 1 atom stereocenters. The summed E-state index contributed by atoms with van der Waals surface area (Å²) >= 11 is 0. The summed E-state index contributed by atoms with van der Waals surface area (Å²) in [4.78, 5) is 11.2. The Morgan fingerprint density at radius 2 is 2.05 bits per heavy atom. The van der Waals surface area contributed by atoms with Gasteiger partial charge in [0.1, 0.15) is 5.76 Å². The number of benzene rings is 1. The van der Waals surface area contributed by atoms with E-state index in [0.29, 0.717) is 12.4 Å². The standard InChI is InChI=1S/C16H18O3/c1-4-18-16(17)12-14(3)19-13(2)10-11-15-8-6-5-7-9-15/h5-9,12-13H,4H2,1-3H3/b14-12+. The summed E-state index contributed by atoms with van der Waals surface area (Å²) in [5, 5.41) is 0. The molecule has 0 aliphatic rings. The van der Waals surface area contributed by atoms with E-state index in [9.17, 15) is 4.79 Å². The van der Waals surface area contributed by atoms with Gasteiger partial charge in [-0.2, -0.15) is 0 Å². The van der Waals surface area contributed by atoms with Crippen LogP contribution >= 0.6 is 0 Å². The molecule has 1 aromatic rings. The van der Waals surface area contributed by atoms with Crippen molar-refractivity contribution in [2.75, 3.05) is 6.61 Å². The minimum Gasteiger partial charge on any atom is -0.482 e. The number of hydrogen-bond donors (Lipinski definition) is 0. The Morgan fingerprint density at radius 1 is 1.37 bits per heavy atom. The van der Waals surface area contributed by atoms with Crippen molar-refractivity contribution < 1.29 is 14.3 Å². The maximum absolute atomic E-state index is 11.2. The largest absolute Gasteiger partial charge is 0.482 e. The fraction of sp³-hybridized carbons (Fsp3) is 0.312. The molecule has 0 aliphatic carbocycles. The molecule has 1 rings (SSSR count). The maximum Gasteiger partial charge on any atom is 0.334 e. The molecular formula is C16H18O3. The van der Waals surface area contributed by atoms with E-state index in [1.54, 1.807) is 13.8 Å². The monoisotopic (exact) mass is 258 g/mol. The van der Waals surface area contributed by atoms with E-state index >= 15 is 0 Å². The zero-order valence-electron chi connectivity index (χ0n) is 11.5. The topological polar surface area (TPSA) is 35.5 Å². The fourth-order valence-electron chi connectivity index (χ4n) is 1.40. The first kappa shape index (κ1) is 14.8. The van der Waals surface area contributed by atoms with E-state index in [4.69, 9.17) is 9.47 Å². The van der Waals surface area contributed by atoms with Crippen molar-refractivity contribution in [1.29, 1.82) is 0 Å². The molecule has 0 saturated carbocycles. The van der Waals surface area contributed by atoms with E-state index < -0.39 is 5.97 Å². The lowest BCUT2D eigenvalue weighted by atomic mass is 10.2. The zero-order chi connectivity index (χ0) is 14.1. The van der Waals surface area contributed by atoms with Crippen LogP contribution in [0.15, 0.2) is 42.2 Å². The van der Waals surface area contributed by atoms with E-state index in [-0.39, 0.29) is 6.10 Å². The predicted molar refractivity (Wildman–Crippen MR) is 74.3 cm³/mol. The number of carbonyl (C=O) groups is 1. The van der Waals surface area contributed by atoms with Crippen LogP contribution in [-0.4, -0.2) is 18.7 Å². The molecule has 0 aromatic heterocycles. The molecule has 0 heterocycles. The van der Waals surface area contributed by atoms with Crippen molar-refractivity contribution in [3.63, 3.8) is 0 Å². The second kappa shape index (κ2) is 7.99. The number of allylic oxidation sites excluding steroid dienone is 1. The van der Waals surface area contributed by atoms with Crippen LogP contribution in [0.2, 0.25) is 0 Å². The van der Waals surface area contributed by atoms with Crippen LogP contribution in [-0.2, 0) is 14.3 Å². The number of hydrogen-bond acceptors (Lipinski definition) is 3. The quantitative estimate of drug-likeness (QED) is 0.360. The molecule has 1 unspecified atom stereocenters. The molecule has 100 valence electrons. The summed E-state index contributed by atoms with van der Waals surface area (Å²) in [7, 11) is 0. The summed E-state index contributed by atoms with van der Waals surface area (Å²) in [6, 6.07) is 9.67. The van der Waals surface area contributed by atoms with Crippen LogP contribution in [0.5, 0.6) is 0 Å². The van der Waals surface area contributed by atoms with Crippen LogP contribution in [0.25, 0.3) is 0 Å². The lowest BCUT2D eigenvalue weighted by Gasteiger charge is -2.08. The molecule has 0 saturated heterocycles. The average Bonchev–Trinajstić information content (AvgIpc) is 2.37. The van der Waals surface area contributed by atoms with Gasteiger partial charge < -0.3 is 9.47 Å². The second-order valence-electron chi connectivity index (χ2n) is 3.90. The third-order valence-electron chi connectivity index (χ3n) is 2.16. The first-order valence-corrected chi connectivity index (χ1v) is 6.20. The lowest BCUT2D eigenvalue weighted by molar-refractivity contribution is -0.137. The van der Waals surface area contributed by atoms with Gasteiger partial charge in [-0.1, -0.05) is 30.0 Å². The van der Waals surface area contributed by atoms with Gasteiger partial charge in [-0.25, -0.2) is 4.79 Å². The normalized spacial score (nSPS) is 12.1. The minimum absolute atomic E-state index is 0.286. The van der Waals surface area contributed by atoms with Gasteiger partial charge >= 0.3 is 5.97 Å². The van der Waals surface area contributed by atoms with Crippen LogP contribution < -0.4 is 0 Å². The summed E-state index contributed by atoms with van der Waals surface area (Å²) in [5.74, 6) is 6.07. The summed E-state index contributed by atoms with van der Waals surface area (Å²) in [5.41, 5.74) is 0.935. The van der Waals surface area contributed by atoms with Crippen molar-refractivity contribution >= 4 is 5.97 Å².